The molecule has 0 bridgehead atoms. The summed E-state index contributed by atoms with van der Waals surface area (Å²) in [6.07, 6.45) is 4.50. The van der Waals surface area contributed by atoms with Crippen LogP contribution in [0.15, 0.2) is 54.6 Å². The van der Waals surface area contributed by atoms with Crippen LogP contribution in [0.5, 0.6) is 5.75 Å². The minimum absolute atomic E-state index is 0.118. The topological polar surface area (TPSA) is 52.9 Å². The van der Waals surface area contributed by atoms with Gasteiger partial charge in [-0.05, 0) is 62.6 Å². The first-order chi connectivity index (χ1) is 14.0. The highest BCUT2D eigenvalue weighted by molar-refractivity contribution is 5.26. The molecule has 2 aromatic carbocycles. The van der Waals surface area contributed by atoms with Crippen LogP contribution in [0.3, 0.4) is 0 Å². The molecule has 2 atom stereocenters. The van der Waals surface area contributed by atoms with Crippen LogP contribution in [-0.4, -0.2) is 52.6 Å². The summed E-state index contributed by atoms with van der Waals surface area (Å²) in [6, 6.07) is 19.1. The molecule has 4 nitrogen and oxygen atoms in total. The van der Waals surface area contributed by atoms with E-state index in [4.69, 9.17) is 4.74 Å². The van der Waals surface area contributed by atoms with E-state index in [0.717, 1.165) is 25.1 Å². The standard InChI is InChI=1S/C25H33NO3/c1-19-7-13-23(14-8-19)29-18-25(28)17-26(16-15-24(25)27)22-11-9-21(10-12-22)20-5-3-2-4-6-20/h2-8,13-14,21-22,24,27-28H,9-12,15-18H2,1H3/t21?,22?,24-,25-/m0/s1. The number of nitrogens with zero attached hydrogens (tertiary/aromatic N) is 1. The summed E-state index contributed by atoms with van der Waals surface area (Å²) in [5.74, 6) is 1.38. The summed E-state index contributed by atoms with van der Waals surface area (Å²) in [5, 5.41) is 21.7. The quantitative estimate of drug-likeness (QED) is 0.806. The van der Waals surface area contributed by atoms with Crippen LogP contribution in [0.4, 0.5) is 0 Å². The molecule has 0 spiro atoms. The third-order valence-corrected chi connectivity index (χ3v) is 6.78. The molecule has 2 aliphatic rings. The predicted molar refractivity (Wildman–Crippen MR) is 115 cm³/mol. The Morgan fingerprint density at radius 3 is 2.34 bits per heavy atom. The molecule has 0 amide bonds. The van der Waals surface area contributed by atoms with Crippen molar-refractivity contribution in [2.24, 2.45) is 0 Å². The maximum Gasteiger partial charge on any atom is 0.137 e. The van der Waals surface area contributed by atoms with E-state index in [1.165, 1.54) is 24.0 Å². The van der Waals surface area contributed by atoms with Crippen molar-refractivity contribution in [2.45, 2.75) is 62.7 Å². The Hall–Kier alpha value is -1.88. The zero-order valence-corrected chi connectivity index (χ0v) is 17.3. The van der Waals surface area contributed by atoms with Crippen molar-refractivity contribution in [3.05, 3.63) is 65.7 Å². The highest BCUT2D eigenvalue weighted by Gasteiger charge is 2.44. The van der Waals surface area contributed by atoms with Crippen LogP contribution in [0.25, 0.3) is 0 Å². The van der Waals surface area contributed by atoms with Gasteiger partial charge < -0.3 is 14.9 Å². The van der Waals surface area contributed by atoms with Gasteiger partial charge in [0.05, 0.1) is 6.10 Å². The molecule has 2 N–H and O–H groups in total. The van der Waals surface area contributed by atoms with Crippen molar-refractivity contribution in [1.82, 2.24) is 4.90 Å². The summed E-state index contributed by atoms with van der Waals surface area (Å²) < 4.78 is 5.85. The first-order valence-electron chi connectivity index (χ1n) is 10.9. The van der Waals surface area contributed by atoms with E-state index in [1.807, 2.05) is 31.2 Å². The molecule has 2 fully saturated rings. The van der Waals surface area contributed by atoms with E-state index in [9.17, 15) is 10.2 Å². The Balaban J connectivity index is 1.34. The molecule has 0 radical (unpaired) electrons. The van der Waals surface area contributed by atoms with Crippen molar-refractivity contribution in [3.63, 3.8) is 0 Å². The fourth-order valence-electron chi connectivity index (χ4n) is 4.89. The average Bonchev–Trinajstić information content (AvgIpc) is 2.76. The van der Waals surface area contributed by atoms with Gasteiger partial charge in [0.15, 0.2) is 0 Å². The number of likely N-dealkylation sites (tertiary alicyclic amines) is 1. The Labute approximate surface area is 174 Å². The van der Waals surface area contributed by atoms with Crippen LogP contribution in [0, 0.1) is 6.92 Å². The van der Waals surface area contributed by atoms with Gasteiger partial charge in [-0.1, -0.05) is 48.0 Å². The summed E-state index contributed by atoms with van der Waals surface area (Å²) >= 11 is 0. The number of hydrogen-bond acceptors (Lipinski definition) is 4. The number of aliphatic hydroxyl groups is 2. The van der Waals surface area contributed by atoms with Gasteiger partial charge in [-0.15, -0.1) is 0 Å². The molecule has 1 aliphatic heterocycles. The van der Waals surface area contributed by atoms with Crippen molar-refractivity contribution >= 4 is 0 Å². The first kappa shape index (κ1) is 20.4. The van der Waals surface area contributed by atoms with Gasteiger partial charge in [0, 0.05) is 19.1 Å². The number of benzene rings is 2. The van der Waals surface area contributed by atoms with Crippen LogP contribution < -0.4 is 4.74 Å². The van der Waals surface area contributed by atoms with E-state index in [0.29, 0.717) is 24.9 Å². The number of hydrogen-bond donors (Lipinski definition) is 2. The molecule has 4 rings (SSSR count). The zero-order chi connectivity index (χ0) is 20.3. The van der Waals surface area contributed by atoms with Gasteiger partial charge in [0.2, 0.25) is 0 Å². The lowest BCUT2D eigenvalue weighted by Gasteiger charge is -2.46. The van der Waals surface area contributed by atoms with Crippen LogP contribution in [0.2, 0.25) is 0 Å². The molecule has 0 unspecified atom stereocenters. The summed E-state index contributed by atoms with van der Waals surface area (Å²) in [4.78, 5) is 2.38. The molecular weight excluding hydrogens is 362 g/mol. The van der Waals surface area contributed by atoms with Crippen molar-refractivity contribution < 1.29 is 14.9 Å². The number of ether oxygens (including phenoxy) is 1. The molecule has 0 aromatic heterocycles. The van der Waals surface area contributed by atoms with Gasteiger partial charge >= 0.3 is 0 Å². The van der Waals surface area contributed by atoms with E-state index in [-0.39, 0.29) is 6.61 Å². The van der Waals surface area contributed by atoms with Gasteiger partial charge in [0.25, 0.3) is 0 Å². The second-order valence-corrected chi connectivity index (χ2v) is 8.90. The number of aryl methyl sites for hydroxylation is 1. The van der Waals surface area contributed by atoms with Gasteiger partial charge in [-0.25, -0.2) is 0 Å². The number of β-amino-alcohol motifs (C(OH)–C–C–N with tert-alkyl or cyclic N) is 1. The third kappa shape index (κ3) is 4.82. The van der Waals surface area contributed by atoms with Gasteiger partial charge in [-0.3, -0.25) is 4.90 Å². The normalized spacial score (nSPS) is 30.8. The highest BCUT2D eigenvalue weighted by atomic mass is 16.5. The smallest absolute Gasteiger partial charge is 0.137 e. The molecule has 29 heavy (non-hydrogen) atoms. The Morgan fingerprint density at radius 2 is 1.66 bits per heavy atom. The van der Waals surface area contributed by atoms with E-state index >= 15 is 0 Å². The number of aliphatic hydroxyl groups excluding tert-OH is 1. The van der Waals surface area contributed by atoms with Crippen LogP contribution >= 0.6 is 0 Å². The lowest BCUT2D eigenvalue weighted by molar-refractivity contribution is -0.147. The fourth-order valence-corrected chi connectivity index (χ4v) is 4.89. The number of rotatable bonds is 5. The molecule has 1 aliphatic carbocycles. The molecule has 1 heterocycles. The number of piperidine rings is 1. The third-order valence-electron chi connectivity index (χ3n) is 6.78. The van der Waals surface area contributed by atoms with Gasteiger partial charge in [-0.2, -0.15) is 0 Å². The monoisotopic (exact) mass is 395 g/mol. The SMILES string of the molecule is Cc1ccc(OC[C@@]2(O)CN(C3CCC(c4ccccc4)CC3)CC[C@@H]2O)cc1. The Kier molecular flexibility index (Phi) is 6.23. The highest BCUT2D eigenvalue weighted by Crippen LogP contribution is 2.36. The molecule has 156 valence electrons. The Bertz CT molecular complexity index is 770. The largest absolute Gasteiger partial charge is 0.490 e. The zero-order valence-electron chi connectivity index (χ0n) is 17.3. The average molecular weight is 396 g/mol. The summed E-state index contributed by atoms with van der Waals surface area (Å²) in [7, 11) is 0. The van der Waals surface area contributed by atoms with E-state index in [2.05, 4.69) is 35.2 Å². The molecule has 4 heteroatoms. The van der Waals surface area contributed by atoms with Crippen molar-refractivity contribution in [3.8, 4) is 5.75 Å². The maximum atomic E-state index is 11.2. The molecule has 2 aromatic rings. The predicted octanol–water partition coefficient (Wildman–Crippen LogP) is 3.90. The second-order valence-electron chi connectivity index (χ2n) is 8.90. The Morgan fingerprint density at radius 1 is 0.966 bits per heavy atom. The van der Waals surface area contributed by atoms with E-state index in [1.54, 1.807) is 0 Å². The summed E-state index contributed by atoms with van der Waals surface area (Å²) in [5.41, 5.74) is 1.40. The van der Waals surface area contributed by atoms with Crippen molar-refractivity contribution in [1.29, 1.82) is 0 Å². The second kappa shape index (κ2) is 8.86. The minimum Gasteiger partial charge on any atom is -0.490 e. The lowest BCUT2D eigenvalue weighted by atomic mass is 9.80. The molecule has 1 saturated carbocycles. The lowest BCUT2D eigenvalue weighted by Crippen LogP contribution is -2.62. The maximum absolute atomic E-state index is 11.2. The van der Waals surface area contributed by atoms with E-state index < -0.39 is 11.7 Å². The molecular formula is C25H33NO3. The minimum atomic E-state index is -1.22. The van der Waals surface area contributed by atoms with Crippen LogP contribution in [-0.2, 0) is 0 Å². The molecule has 1 saturated heterocycles. The first-order valence-corrected chi connectivity index (χ1v) is 10.9. The van der Waals surface area contributed by atoms with Crippen LogP contribution in [0.1, 0.15) is 49.1 Å². The van der Waals surface area contributed by atoms with Crippen molar-refractivity contribution in [2.75, 3.05) is 19.7 Å². The fraction of sp³-hybridized carbons (Fsp3) is 0.520. The summed E-state index contributed by atoms with van der Waals surface area (Å²) in [6.45, 7) is 3.47. The van der Waals surface area contributed by atoms with Gasteiger partial charge in [0.1, 0.15) is 18.0 Å².